The van der Waals surface area contributed by atoms with Crippen molar-refractivity contribution < 1.29 is 19.1 Å². The van der Waals surface area contributed by atoms with E-state index in [4.69, 9.17) is 4.74 Å². The predicted molar refractivity (Wildman–Crippen MR) is 134 cm³/mol. The number of rotatable bonds is 7. The molecule has 0 saturated carbocycles. The molecule has 11 heteroatoms. The fraction of sp³-hybridized carbons (Fsp3) is 0.292. The van der Waals surface area contributed by atoms with E-state index in [1.165, 1.54) is 11.3 Å². The summed E-state index contributed by atoms with van der Waals surface area (Å²) in [6.45, 7) is 4.61. The molecule has 1 aliphatic rings. The summed E-state index contributed by atoms with van der Waals surface area (Å²) in [5, 5.41) is 7.79. The van der Waals surface area contributed by atoms with E-state index < -0.39 is 5.97 Å². The third-order valence-electron chi connectivity index (χ3n) is 5.33. The van der Waals surface area contributed by atoms with Gasteiger partial charge in [0.25, 0.3) is 0 Å². The van der Waals surface area contributed by atoms with Crippen LogP contribution >= 0.6 is 11.3 Å². The van der Waals surface area contributed by atoms with Gasteiger partial charge in [-0.25, -0.2) is 19.6 Å². The number of anilines is 3. The second-order valence-corrected chi connectivity index (χ2v) is 8.62. The number of carbonyl (C=O) groups excluding carboxylic acids is 3. The number of ether oxygens (including phenoxy) is 1. The maximum Gasteiger partial charge on any atom is 0.338 e. The van der Waals surface area contributed by atoms with Crippen molar-refractivity contribution in [3.63, 3.8) is 0 Å². The van der Waals surface area contributed by atoms with E-state index in [-0.39, 0.29) is 18.4 Å². The Morgan fingerprint density at radius 1 is 1.03 bits per heavy atom. The van der Waals surface area contributed by atoms with Gasteiger partial charge in [-0.2, -0.15) is 0 Å². The average molecular weight is 495 g/mol. The summed E-state index contributed by atoms with van der Waals surface area (Å²) in [5.41, 5.74) is 1.55. The van der Waals surface area contributed by atoms with Gasteiger partial charge in [0, 0.05) is 43.4 Å². The summed E-state index contributed by atoms with van der Waals surface area (Å²) >= 11 is 1.28. The smallest absolute Gasteiger partial charge is 0.338 e. The molecule has 1 aliphatic heterocycles. The van der Waals surface area contributed by atoms with Crippen LogP contribution in [0.1, 0.15) is 23.0 Å². The topological polar surface area (TPSA) is 117 Å². The molecule has 3 amide bonds. The van der Waals surface area contributed by atoms with E-state index in [1.807, 2.05) is 18.2 Å². The minimum Gasteiger partial charge on any atom is -0.462 e. The average Bonchev–Trinajstić information content (AvgIpc) is 3.31. The fourth-order valence-electron chi connectivity index (χ4n) is 3.57. The summed E-state index contributed by atoms with van der Waals surface area (Å²) in [6, 6.07) is 12.1. The Bertz CT molecular complexity index is 1160. The largest absolute Gasteiger partial charge is 0.462 e. The Morgan fingerprint density at radius 3 is 2.49 bits per heavy atom. The van der Waals surface area contributed by atoms with Crippen molar-refractivity contribution in [3.05, 3.63) is 65.3 Å². The number of piperazine rings is 1. The third-order valence-corrected chi connectivity index (χ3v) is 6.13. The van der Waals surface area contributed by atoms with Crippen LogP contribution < -0.4 is 15.5 Å². The maximum atomic E-state index is 12.6. The highest BCUT2D eigenvalue weighted by molar-refractivity contribution is 7.13. The minimum atomic E-state index is -0.405. The van der Waals surface area contributed by atoms with E-state index in [0.717, 1.165) is 5.82 Å². The Morgan fingerprint density at radius 2 is 1.80 bits per heavy atom. The summed E-state index contributed by atoms with van der Waals surface area (Å²) in [5.74, 6) is 0.255. The van der Waals surface area contributed by atoms with Gasteiger partial charge in [0.15, 0.2) is 5.13 Å². The minimum absolute atomic E-state index is 0.0642. The molecule has 1 saturated heterocycles. The lowest BCUT2D eigenvalue weighted by molar-refractivity contribution is -0.115. The number of nitrogens with zero attached hydrogens (tertiary/aromatic N) is 4. The summed E-state index contributed by atoms with van der Waals surface area (Å²) in [6.07, 6.45) is 1.82. The van der Waals surface area contributed by atoms with Crippen LogP contribution in [0.3, 0.4) is 0 Å². The SMILES string of the molecule is CCOC(=O)c1ccc(NC(=O)Cc2csc(NC(=O)N3CCN(c4ccccn4)CC3)n2)cc1. The lowest BCUT2D eigenvalue weighted by Gasteiger charge is -2.35. The molecule has 0 bridgehead atoms. The van der Waals surface area contributed by atoms with Crippen LogP contribution in [-0.4, -0.2) is 65.6 Å². The molecule has 10 nitrogen and oxygen atoms in total. The number of hydrogen-bond acceptors (Lipinski definition) is 8. The van der Waals surface area contributed by atoms with Crippen LogP contribution in [0.4, 0.5) is 21.4 Å². The molecular weight excluding hydrogens is 468 g/mol. The Labute approximate surface area is 206 Å². The number of nitrogens with one attached hydrogen (secondary N) is 2. The van der Waals surface area contributed by atoms with Crippen molar-refractivity contribution >= 4 is 45.9 Å². The summed E-state index contributed by atoms with van der Waals surface area (Å²) < 4.78 is 4.95. The molecule has 1 fully saturated rings. The molecule has 35 heavy (non-hydrogen) atoms. The number of esters is 1. The lowest BCUT2D eigenvalue weighted by atomic mass is 10.2. The zero-order valence-corrected chi connectivity index (χ0v) is 20.1. The van der Waals surface area contributed by atoms with Crippen LogP contribution in [-0.2, 0) is 16.0 Å². The first-order valence-corrected chi connectivity index (χ1v) is 12.1. The van der Waals surface area contributed by atoms with Crippen molar-refractivity contribution in [2.75, 3.05) is 48.3 Å². The molecule has 3 aromatic rings. The number of carbonyl (C=O) groups is 3. The molecule has 0 radical (unpaired) electrons. The number of aromatic nitrogens is 2. The Balaban J connectivity index is 1.23. The van der Waals surface area contributed by atoms with Crippen molar-refractivity contribution in [3.8, 4) is 0 Å². The normalized spacial score (nSPS) is 13.3. The number of pyridine rings is 1. The first kappa shape index (κ1) is 24.1. The molecule has 0 atom stereocenters. The second-order valence-electron chi connectivity index (χ2n) is 7.76. The van der Waals surface area contributed by atoms with Gasteiger partial charge in [0.1, 0.15) is 5.82 Å². The highest BCUT2D eigenvalue weighted by atomic mass is 32.1. The van der Waals surface area contributed by atoms with Gasteiger partial charge in [-0.15, -0.1) is 11.3 Å². The van der Waals surface area contributed by atoms with Gasteiger partial charge in [0.05, 0.1) is 24.3 Å². The van der Waals surface area contributed by atoms with Crippen molar-refractivity contribution in [1.82, 2.24) is 14.9 Å². The highest BCUT2D eigenvalue weighted by Gasteiger charge is 2.22. The summed E-state index contributed by atoms with van der Waals surface area (Å²) in [4.78, 5) is 49.4. The number of amides is 3. The van der Waals surface area contributed by atoms with Gasteiger partial charge in [-0.05, 0) is 43.3 Å². The monoisotopic (exact) mass is 494 g/mol. The molecule has 2 aromatic heterocycles. The van der Waals surface area contributed by atoms with Crippen molar-refractivity contribution in [1.29, 1.82) is 0 Å². The highest BCUT2D eigenvalue weighted by Crippen LogP contribution is 2.19. The number of benzene rings is 1. The van der Waals surface area contributed by atoms with Gasteiger partial charge >= 0.3 is 12.0 Å². The molecule has 2 N–H and O–H groups in total. The molecule has 4 rings (SSSR count). The Hall–Kier alpha value is -3.99. The molecule has 3 heterocycles. The van der Waals surface area contributed by atoms with E-state index in [2.05, 4.69) is 25.5 Å². The van der Waals surface area contributed by atoms with E-state index >= 15 is 0 Å². The van der Waals surface area contributed by atoms with Gasteiger partial charge < -0.3 is 19.9 Å². The first-order chi connectivity index (χ1) is 17.0. The molecule has 182 valence electrons. The van der Waals surface area contributed by atoms with Crippen molar-refractivity contribution in [2.45, 2.75) is 13.3 Å². The standard InChI is InChI=1S/C24H26N6O4S/c1-2-34-22(32)17-6-8-18(9-7-17)26-21(31)15-19-16-35-23(27-19)28-24(33)30-13-11-29(12-14-30)20-5-3-4-10-25-20/h3-10,16H,2,11-15H2,1H3,(H,26,31)(H,27,28,33). The second kappa shape index (κ2) is 11.4. The number of hydrogen-bond donors (Lipinski definition) is 2. The molecule has 0 unspecified atom stereocenters. The van der Waals surface area contributed by atoms with Crippen LogP contribution in [0, 0.1) is 0 Å². The van der Waals surface area contributed by atoms with Crippen molar-refractivity contribution in [2.24, 2.45) is 0 Å². The van der Waals surface area contributed by atoms with E-state index in [1.54, 1.807) is 47.7 Å². The lowest BCUT2D eigenvalue weighted by Crippen LogP contribution is -2.50. The van der Waals surface area contributed by atoms with Gasteiger partial charge in [-0.1, -0.05) is 6.07 Å². The van der Waals surface area contributed by atoms with Crippen LogP contribution in [0.5, 0.6) is 0 Å². The van der Waals surface area contributed by atoms with Crippen LogP contribution in [0.15, 0.2) is 54.0 Å². The van der Waals surface area contributed by atoms with Crippen LogP contribution in [0.25, 0.3) is 0 Å². The maximum absolute atomic E-state index is 12.6. The predicted octanol–water partition coefficient (Wildman–Crippen LogP) is 3.25. The van der Waals surface area contributed by atoms with E-state index in [9.17, 15) is 14.4 Å². The zero-order valence-electron chi connectivity index (χ0n) is 19.3. The molecule has 0 spiro atoms. The molecular formula is C24H26N6O4S. The van der Waals surface area contributed by atoms with Crippen LogP contribution in [0.2, 0.25) is 0 Å². The van der Waals surface area contributed by atoms with Gasteiger partial charge in [0.2, 0.25) is 5.91 Å². The Kier molecular flexibility index (Phi) is 7.88. The zero-order chi connectivity index (χ0) is 24.6. The molecule has 1 aromatic carbocycles. The molecule has 0 aliphatic carbocycles. The fourth-order valence-corrected chi connectivity index (χ4v) is 4.27. The van der Waals surface area contributed by atoms with Gasteiger partial charge in [-0.3, -0.25) is 10.1 Å². The summed E-state index contributed by atoms with van der Waals surface area (Å²) in [7, 11) is 0. The first-order valence-electron chi connectivity index (χ1n) is 11.2. The number of urea groups is 1. The quantitative estimate of drug-likeness (QED) is 0.484. The van der Waals surface area contributed by atoms with E-state index in [0.29, 0.717) is 54.9 Å². The third kappa shape index (κ3) is 6.54. The number of thiazole rings is 1.